The van der Waals surface area contributed by atoms with Crippen molar-refractivity contribution in [3.63, 3.8) is 0 Å². The van der Waals surface area contributed by atoms with Gasteiger partial charge in [0.15, 0.2) is 0 Å². The van der Waals surface area contributed by atoms with Gasteiger partial charge < -0.3 is 9.64 Å². The zero-order valence-corrected chi connectivity index (χ0v) is 8.76. The van der Waals surface area contributed by atoms with Crippen LogP contribution in [0.15, 0.2) is 18.5 Å². The molecule has 0 saturated carbocycles. The first kappa shape index (κ1) is 9.92. The Bertz CT molecular complexity index is 312. The van der Waals surface area contributed by atoms with Crippen LogP contribution >= 0.6 is 12.2 Å². The van der Waals surface area contributed by atoms with Crippen LogP contribution in [0.3, 0.4) is 0 Å². The van der Waals surface area contributed by atoms with E-state index >= 15 is 0 Å². The number of thiocarbonyl (C=S) groups is 1. The predicted molar refractivity (Wildman–Crippen MR) is 55.9 cm³/mol. The highest BCUT2D eigenvalue weighted by molar-refractivity contribution is 7.80. The number of ether oxygens (including phenoxy) is 1. The van der Waals surface area contributed by atoms with Crippen molar-refractivity contribution in [2.24, 2.45) is 0 Å². The van der Waals surface area contributed by atoms with Crippen molar-refractivity contribution < 1.29 is 4.74 Å². The molecule has 1 aromatic heterocycles. The second-order valence-corrected chi connectivity index (χ2v) is 3.31. The summed E-state index contributed by atoms with van der Waals surface area (Å²) >= 11 is 4.98. The van der Waals surface area contributed by atoms with Crippen molar-refractivity contribution in [3.05, 3.63) is 24.0 Å². The number of rotatable bonds is 1. The van der Waals surface area contributed by atoms with Gasteiger partial charge in [-0.2, -0.15) is 0 Å². The van der Waals surface area contributed by atoms with Gasteiger partial charge >= 0.3 is 0 Å². The summed E-state index contributed by atoms with van der Waals surface area (Å²) in [6.45, 7) is 1.96. The minimum Gasteiger partial charge on any atom is -0.430 e. The molecule has 1 aromatic rings. The zero-order valence-electron chi connectivity index (χ0n) is 7.94. The normalized spacial score (nSPS) is 9.46. The van der Waals surface area contributed by atoms with Gasteiger partial charge in [-0.05, 0) is 30.8 Å². The van der Waals surface area contributed by atoms with E-state index in [0.717, 1.165) is 5.56 Å². The van der Waals surface area contributed by atoms with Crippen LogP contribution in [0.1, 0.15) is 5.56 Å². The van der Waals surface area contributed by atoms with Crippen molar-refractivity contribution in [2.45, 2.75) is 6.92 Å². The molecular formula is C9H12N2OS. The van der Waals surface area contributed by atoms with Crippen LogP contribution in [0, 0.1) is 6.92 Å². The summed E-state index contributed by atoms with van der Waals surface area (Å²) < 4.78 is 5.35. The Morgan fingerprint density at radius 1 is 1.46 bits per heavy atom. The predicted octanol–water partition coefficient (Wildman–Crippen LogP) is 1.62. The molecule has 13 heavy (non-hydrogen) atoms. The fourth-order valence-electron chi connectivity index (χ4n) is 0.775. The highest BCUT2D eigenvalue weighted by Crippen LogP contribution is 2.10. The van der Waals surface area contributed by atoms with Crippen LogP contribution in [0.2, 0.25) is 0 Å². The Kier molecular flexibility index (Phi) is 3.19. The fraction of sp³-hybridized carbons (Fsp3) is 0.333. The molecule has 0 aromatic carbocycles. The molecule has 0 fully saturated rings. The lowest BCUT2D eigenvalue weighted by Gasteiger charge is -2.13. The fourth-order valence-corrected chi connectivity index (χ4v) is 0.871. The van der Waals surface area contributed by atoms with Crippen molar-refractivity contribution >= 4 is 17.4 Å². The number of pyridine rings is 1. The largest absolute Gasteiger partial charge is 0.430 e. The molecular weight excluding hydrogens is 184 g/mol. The summed E-state index contributed by atoms with van der Waals surface area (Å²) in [5.41, 5.74) is 1.05. The van der Waals surface area contributed by atoms with Crippen LogP contribution in [0.4, 0.5) is 0 Å². The third-order valence-corrected chi connectivity index (χ3v) is 1.87. The lowest BCUT2D eigenvalue weighted by Crippen LogP contribution is -2.25. The summed E-state index contributed by atoms with van der Waals surface area (Å²) in [6.07, 6.45) is 3.41. The molecule has 1 heterocycles. The number of hydrogen-bond acceptors (Lipinski definition) is 3. The molecule has 0 spiro atoms. The van der Waals surface area contributed by atoms with E-state index in [1.165, 1.54) is 0 Å². The Morgan fingerprint density at radius 2 is 2.15 bits per heavy atom. The van der Waals surface area contributed by atoms with Gasteiger partial charge in [-0.15, -0.1) is 0 Å². The summed E-state index contributed by atoms with van der Waals surface area (Å²) in [5, 5.41) is 0.437. The smallest absolute Gasteiger partial charge is 0.264 e. The van der Waals surface area contributed by atoms with E-state index in [9.17, 15) is 0 Å². The summed E-state index contributed by atoms with van der Waals surface area (Å²) in [7, 11) is 3.68. The summed E-state index contributed by atoms with van der Waals surface area (Å²) in [6, 6.07) is 1.89. The second-order valence-electron chi connectivity index (χ2n) is 2.96. The number of nitrogens with zero attached hydrogens (tertiary/aromatic N) is 2. The van der Waals surface area contributed by atoms with Gasteiger partial charge in [0.1, 0.15) is 5.75 Å². The maximum absolute atomic E-state index is 5.35. The van der Waals surface area contributed by atoms with Gasteiger partial charge in [-0.25, -0.2) is 0 Å². The molecule has 0 aliphatic heterocycles. The molecule has 0 aliphatic rings. The van der Waals surface area contributed by atoms with Crippen LogP contribution in [0.5, 0.6) is 5.75 Å². The standard InChI is InChI=1S/C9H12N2OS/c1-7-4-8(6-10-5-7)12-9(13)11(2)3/h4-6H,1-3H3. The van der Waals surface area contributed by atoms with E-state index in [1.807, 2.05) is 27.1 Å². The lowest BCUT2D eigenvalue weighted by atomic mass is 10.3. The monoisotopic (exact) mass is 196 g/mol. The van der Waals surface area contributed by atoms with Crippen molar-refractivity contribution in [3.8, 4) is 5.75 Å². The van der Waals surface area contributed by atoms with E-state index < -0.39 is 0 Å². The van der Waals surface area contributed by atoms with Crippen LogP contribution in [-0.2, 0) is 0 Å². The molecule has 0 aliphatic carbocycles. The van der Waals surface area contributed by atoms with Crippen molar-refractivity contribution in [1.29, 1.82) is 0 Å². The topological polar surface area (TPSA) is 25.4 Å². The Labute approximate surface area is 83.3 Å². The molecule has 0 radical (unpaired) electrons. The van der Waals surface area contributed by atoms with E-state index in [1.54, 1.807) is 17.3 Å². The Hall–Kier alpha value is -1.16. The summed E-state index contributed by atoms with van der Waals surface area (Å²) in [4.78, 5) is 5.73. The van der Waals surface area contributed by atoms with Gasteiger partial charge in [0, 0.05) is 20.3 Å². The van der Waals surface area contributed by atoms with Crippen LogP contribution in [0.25, 0.3) is 0 Å². The lowest BCUT2D eigenvalue weighted by molar-refractivity contribution is 0.448. The van der Waals surface area contributed by atoms with Gasteiger partial charge in [0.2, 0.25) is 0 Å². The van der Waals surface area contributed by atoms with E-state index in [-0.39, 0.29) is 0 Å². The van der Waals surface area contributed by atoms with Crippen molar-refractivity contribution in [2.75, 3.05) is 14.1 Å². The van der Waals surface area contributed by atoms with Gasteiger partial charge in [-0.3, -0.25) is 4.98 Å². The SMILES string of the molecule is Cc1cncc(OC(=S)N(C)C)c1. The summed E-state index contributed by atoms with van der Waals surface area (Å²) in [5.74, 6) is 0.679. The van der Waals surface area contributed by atoms with Gasteiger partial charge in [-0.1, -0.05) is 0 Å². The quantitative estimate of drug-likeness (QED) is 0.637. The molecule has 4 heteroatoms. The minimum absolute atomic E-state index is 0.437. The average Bonchev–Trinajstić information content (AvgIpc) is 2.04. The minimum atomic E-state index is 0.437. The van der Waals surface area contributed by atoms with E-state index in [0.29, 0.717) is 10.9 Å². The van der Waals surface area contributed by atoms with Gasteiger partial charge in [0.25, 0.3) is 5.17 Å². The zero-order chi connectivity index (χ0) is 9.84. The third-order valence-electron chi connectivity index (χ3n) is 1.42. The molecule has 0 amide bonds. The molecule has 70 valence electrons. The maximum Gasteiger partial charge on any atom is 0.264 e. The van der Waals surface area contributed by atoms with E-state index in [2.05, 4.69) is 4.98 Å². The first-order valence-corrected chi connectivity index (χ1v) is 4.31. The maximum atomic E-state index is 5.35. The third kappa shape index (κ3) is 2.99. The van der Waals surface area contributed by atoms with Crippen molar-refractivity contribution in [1.82, 2.24) is 9.88 Å². The van der Waals surface area contributed by atoms with Crippen LogP contribution in [-0.4, -0.2) is 29.2 Å². The number of hydrogen-bond donors (Lipinski definition) is 0. The number of aryl methyl sites for hydroxylation is 1. The molecule has 0 atom stereocenters. The molecule has 0 unspecified atom stereocenters. The van der Waals surface area contributed by atoms with E-state index in [4.69, 9.17) is 17.0 Å². The first-order valence-electron chi connectivity index (χ1n) is 3.90. The number of aromatic nitrogens is 1. The molecule has 1 rings (SSSR count). The highest BCUT2D eigenvalue weighted by Gasteiger charge is 2.01. The molecule has 0 saturated heterocycles. The molecule has 0 N–H and O–H groups in total. The molecule has 3 nitrogen and oxygen atoms in total. The highest BCUT2D eigenvalue weighted by atomic mass is 32.1. The average molecular weight is 196 g/mol. The second kappa shape index (κ2) is 4.18. The first-order chi connectivity index (χ1) is 6.09. The van der Waals surface area contributed by atoms with Gasteiger partial charge in [0.05, 0.1) is 6.20 Å². The molecule has 0 bridgehead atoms. The Balaban J connectivity index is 2.69. The van der Waals surface area contributed by atoms with Crippen LogP contribution < -0.4 is 4.74 Å². The Morgan fingerprint density at radius 3 is 2.69 bits per heavy atom.